The molecular weight excluding hydrogens is 324 g/mol. The second-order valence-electron chi connectivity index (χ2n) is 7.64. The molecular formula is C19H19F2N3O. The zero-order valence-electron chi connectivity index (χ0n) is 14.3. The quantitative estimate of drug-likeness (QED) is 0.816. The second-order valence-corrected chi connectivity index (χ2v) is 7.64. The maximum atomic E-state index is 14.6. The minimum absolute atomic E-state index is 0.0716. The highest BCUT2D eigenvalue weighted by Crippen LogP contribution is 2.50. The van der Waals surface area contributed by atoms with Gasteiger partial charge in [0.1, 0.15) is 11.6 Å². The monoisotopic (exact) mass is 343 g/mol. The first kappa shape index (κ1) is 16.0. The van der Waals surface area contributed by atoms with Gasteiger partial charge in [0.2, 0.25) is 0 Å². The number of rotatable bonds is 1. The molecule has 1 atom stereocenters. The molecule has 2 aliphatic rings. The Morgan fingerprint density at radius 2 is 1.84 bits per heavy atom. The molecule has 0 fully saturated rings. The average Bonchev–Trinajstić information content (AvgIpc) is 2.86. The predicted molar refractivity (Wildman–Crippen MR) is 90.2 cm³/mol. The van der Waals surface area contributed by atoms with Gasteiger partial charge < -0.3 is 5.32 Å². The van der Waals surface area contributed by atoms with Gasteiger partial charge in [-0.1, -0.05) is 19.9 Å². The van der Waals surface area contributed by atoms with Crippen molar-refractivity contribution in [3.63, 3.8) is 0 Å². The molecule has 0 saturated carbocycles. The summed E-state index contributed by atoms with van der Waals surface area (Å²) >= 11 is 0. The van der Waals surface area contributed by atoms with Gasteiger partial charge in [-0.2, -0.15) is 5.10 Å². The minimum atomic E-state index is -0.783. The van der Waals surface area contributed by atoms with Gasteiger partial charge in [0.05, 0.1) is 5.92 Å². The largest absolute Gasteiger partial charge is 0.342 e. The van der Waals surface area contributed by atoms with Crippen molar-refractivity contribution >= 4 is 11.6 Å². The van der Waals surface area contributed by atoms with Crippen molar-refractivity contribution in [3.8, 4) is 0 Å². The van der Waals surface area contributed by atoms with Crippen LogP contribution in [0.1, 0.15) is 49.4 Å². The van der Waals surface area contributed by atoms with Crippen LogP contribution < -0.4 is 5.32 Å². The number of nitrogens with zero attached hydrogens (tertiary/aromatic N) is 1. The van der Waals surface area contributed by atoms with Crippen LogP contribution in [0.3, 0.4) is 0 Å². The Morgan fingerprint density at radius 1 is 1.16 bits per heavy atom. The molecule has 1 aliphatic heterocycles. The molecule has 25 heavy (non-hydrogen) atoms. The zero-order chi connectivity index (χ0) is 17.9. The molecule has 130 valence electrons. The summed E-state index contributed by atoms with van der Waals surface area (Å²) in [7, 11) is 0. The van der Waals surface area contributed by atoms with Gasteiger partial charge in [-0.25, -0.2) is 8.78 Å². The Balaban J connectivity index is 2.00. The molecule has 4 nitrogen and oxygen atoms in total. The normalized spacial score (nSPS) is 21.6. The van der Waals surface area contributed by atoms with E-state index in [1.54, 1.807) is 6.92 Å². The fourth-order valence-electron chi connectivity index (χ4n) is 4.03. The van der Waals surface area contributed by atoms with Crippen molar-refractivity contribution in [2.75, 3.05) is 5.32 Å². The third kappa shape index (κ3) is 2.39. The summed E-state index contributed by atoms with van der Waals surface area (Å²) in [6.07, 6.45) is 0.984. The van der Waals surface area contributed by atoms with Crippen LogP contribution in [0.15, 0.2) is 29.5 Å². The molecule has 0 amide bonds. The molecule has 0 saturated heterocycles. The fraction of sp³-hybridized carbons (Fsp3) is 0.368. The molecule has 2 N–H and O–H groups in total. The Morgan fingerprint density at radius 3 is 2.52 bits per heavy atom. The lowest BCUT2D eigenvalue weighted by atomic mass is 9.69. The molecule has 2 aromatic rings. The molecule has 0 radical (unpaired) electrons. The lowest BCUT2D eigenvalue weighted by molar-refractivity contribution is -0.118. The van der Waals surface area contributed by atoms with Crippen LogP contribution in [0.2, 0.25) is 0 Å². The third-order valence-electron chi connectivity index (χ3n) is 5.05. The van der Waals surface area contributed by atoms with E-state index in [-0.39, 0.29) is 16.8 Å². The molecule has 1 aromatic heterocycles. The van der Waals surface area contributed by atoms with Crippen LogP contribution in [-0.4, -0.2) is 16.0 Å². The van der Waals surface area contributed by atoms with Gasteiger partial charge in [-0.3, -0.25) is 9.89 Å². The molecule has 1 aromatic carbocycles. The molecule has 1 aliphatic carbocycles. The lowest BCUT2D eigenvalue weighted by Gasteiger charge is -2.38. The van der Waals surface area contributed by atoms with Gasteiger partial charge in [0, 0.05) is 34.5 Å². The first-order valence-corrected chi connectivity index (χ1v) is 8.30. The van der Waals surface area contributed by atoms with Crippen molar-refractivity contribution in [3.05, 3.63) is 57.9 Å². The van der Waals surface area contributed by atoms with Crippen LogP contribution >= 0.6 is 0 Å². The highest BCUT2D eigenvalue weighted by molar-refractivity contribution is 6.01. The number of hydrogen-bond donors (Lipinski definition) is 2. The number of allylic oxidation sites excluding steroid dienone is 2. The Labute approximate surface area is 144 Å². The number of aromatic amines is 1. The number of anilines is 1. The number of H-pyrrole nitrogens is 1. The first-order valence-electron chi connectivity index (χ1n) is 8.30. The third-order valence-corrected chi connectivity index (χ3v) is 5.05. The van der Waals surface area contributed by atoms with E-state index in [1.807, 2.05) is 13.8 Å². The van der Waals surface area contributed by atoms with E-state index in [0.717, 1.165) is 0 Å². The van der Waals surface area contributed by atoms with Crippen molar-refractivity contribution < 1.29 is 13.6 Å². The predicted octanol–water partition coefficient (Wildman–Crippen LogP) is 4.20. The van der Waals surface area contributed by atoms with Crippen LogP contribution in [0.5, 0.6) is 0 Å². The number of aromatic nitrogens is 2. The topological polar surface area (TPSA) is 57.8 Å². The highest BCUT2D eigenvalue weighted by atomic mass is 19.1. The van der Waals surface area contributed by atoms with Crippen molar-refractivity contribution in [2.45, 2.75) is 39.5 Å². The number of carbonyl (C=O) groups excluding carboxylic acids is 1. The van der Waals surface area contributed by atoms with E-state index in [4.69, 9.17) is 0 Å². The van der Waals surface area contributed by atoms with Crippen LogP contribution in [0.25, 0.3) is 0 Å². The van der Waals surface area contributed by atoms with Crippen molar-refractivity contribution in [1.82, 2.24) is 10.2 Å². The van der Waals surface area contributed by atoms with E-state index >= 15 is 0 Å². The summed E-state index contributed by atoms with van der Waals surface area (Å²) in [5.74, 6) is -1.62. The number of ketones is 1. The summed E-state index contributed by atoms with van der Waals surface area (Å²) in [5.41, 5.74) is 2.21. The SMILES string of the molecule is Cc1[nH]nc2c1C(c1c(F)cccc1F)C1=C(CC(C)(C)CC1=O)N2. The van der Waals surface area contributed by atoms with Gasteiger partial charge >= 0.3 is 0 Å². The summed E-state index contributed by atoms with van der Waals surface area (Å²) in [4.78, 5) is 12.9. The summed E-state index contributed by atoms with van der Waals surface area (Å²) in [6, 6.07) is 3.79. The smallest absolute Gasteiger partial charge is 0.162 e. The van der Waals surface area contributed by atoms with Crippen molar-refractivity contribution in [2.24, 2.45) is 5.41 Å². The lowest BCUT2D eigenvalue weighted by Crippen LogP contribution is -2.34. The maximum Gasteiger partial charge on any atom is 0.162 e. The maximum absolute atomic E-state index is 14.6. The average molecular weight is 343 g/mol. The van der Waals surface area contributed by atoms with Crippen LogP contribution in [0, 0.1) is 24.0 Å². The molecule has 6 heteroatoms. The summed E-state index contributed by atoms with van der Waals surface area (Å²) < 4.78 is 29.2. The van der Waals surface area contributed by atoms with E-state index in [9.17, 15) is 13.6 Å². The number of nitrogens with one attached hydrogen (secondary N) is 2. The number of aryl methyl sites for hydroxylation is 1. The Bertz CT molecular complexity index is 906. The standard InChI is InChI=1S/C19H19F2N3O/c1-9-14-17(15-10(20)5-4-6-11(15)21)16-12(22-18(14)24-23-9)7-19(2,3)8-13(16)25/h4-6,17H,7-8H2,1-3H3,(H2,22,23,24). The van der Waals surface area contributed by atoms with E-state index in [1.165, 1.54) is 18.2 Å². The number of Topliss-reactive ketones (excluding diaryl/α,β-unsaturated/α-hetero) is 1. The molecule has 0 bridgehead atoms. The second kappa shape index (κ2) is 5.25. The number of benzene rings is 1. The fourth-order valence-corrected chi connectivity index (χ4v) is 4.03. The van der Waals surface area contributed by atoms with Crippen LogP contribution in [0.4, 0.5) is 14.6 Å². The molecule has 4 rings (SSSR count). The zero-order valence-corrected chi connectivity index (χ0v) is 14.3. The van der Waals surface area contributed by atoms with Gasteiger partial charge in [0.15, 0.2) is 11.6 Å². The van der Waals surface area contributed by atoms with Gasteiger partial charge in [-0.15, -0.1) is 0 Å². The van der Waals surface area contributed by atoms with Gasteiger partial charge in [-0.05, 0) is 30.9 Å². The number of halogens is 2. The van der Waals surface area contributed by atoms with E-state index in [2.05, 4.69) is 15.5 Å². The van der Waals surface area contributed by atoms with Crippen LogP contribution in [-0.2, 0) is 4.79 Å². The first-order chi connectivity index (χ1) is 11.8. The number of fused-ring (bicyclic) bond motifs is 1. The molecule has 1 unspecified atom stereocenters. The van der Waals surface area contributed by atoms with Gasteiger partial charge in [0.25, 0.3) is 0 Å². The number of hydrogen-bond acceptors (Lipinski definition) is 3. The van der Waals surface area contributed by atoms with Crippen molar-refractivity contribution in [1.29, 1.82) is 0 Å². The molecule has 2 heterocycles. The number of carbonyl (C=O) groups is 1. The highest BCUT2D eigenvalue weighted by Gasteiger charge is 2.43. The summed E-state index contributed by atoms with van der Waals surface area (Å²) in [5, 5.41) is 10.3. The Hall–Kier alpha value is -2.50. The van der Waals surface area contributed by atoms with E-state index in [0.29, 0.717) is 41.2 Å². The molecule has 0 spiro atoms. The summed E-state index contributed by atoms with van der Waals surface area (Å²) in [6.45, 7) is 5.82. The Kier molecular flexibility index (Phi) is 3.36. The van der Waals surface area contributed by atoms with E-state index < -0.39 is 17.6 Å². The minimum Gasteiger partial charge on any atom is -0.342 e.